The Morgan fingerprint density at radius 1 is 0.952 bits per heavy atom. The van der Waals surface area contributed by atoms with Crippen LogP contribution in [0.4, 0.5) is 0 Å². The number of benzene rings is 2. The molecule has 0 unspecified atom stereocenters. The van der Waals surface area contributed by atoms with E-state index in [1.165, 1.54) is 5.56 Å². The Hall–Kier alpha value is -2.68. The van der Waals surface area contributed by atoms with Gasteiger partial charge in [0.25, 0.3) is 0 Å². The third kappa shape index (κ3) is 5.07. The van der Waals surface area contributed by atoms with Crippen molar-refractivity contribution in [1.82, 2.24) is 0 Å². The van der Waals surface area contributed by atoms with Crippen LogP contribution in [-0.2, 0) is 4.79 Å². The van der Waals surface area contributed by atoms with E-state index < -0.39 is 5.91 Å². The molecule has 3 heteroatoms. The number of rotatable bonds is 3. The summed E-state index contributed by atoms with van der Waals surface area (Å²) in [7, 11) is 0. The summed E-state index contributed by atoms with van der Waals surface area (Å²) in [4.78, 5) is 21.6. The number of primary amides is 1. The van der Waals surface area contributed by atoms with Crippen molar-refractivity contribution in [3.8, 4) is 0 Å². The number of hydrogen-bond donors (Lipinski definition) is 1. The number of hydrogen-bond acceptors (Lipinski definition) is 2. The lowest BCUT2D eigenvalue weighted by Gasteiger charge is -2.04. The number of aryl methyl sites for hydroxylation is 2. The minimum atomic E-state index is -0.481. The monoisotopic (exact) mass is 281 g/mol. The third-order valence-corrected chi connectivity index (χ3v) is 3.01. The van der Waals surface area contributed by atoms with Crippen molar-refractivity contribution < 1.29 is 9.59 Å². The number of ketones is 1. The van der Waals surface area contributed by atoms with Gasteiger partial charge in [0.2, 0.25) is 5.91 Å². The predicted molar refractivity (Wildman–Crippen MR) is 85.2 cm³/mol. The lowest BCUT2D eigenvalue weighted by molar-refractivity contribution is -0.113. The summed E-state index contributed by atoms with van der Waals surface area (Å²) < 4.78 is 0. The fraction of sp³-hybridized carbons (Fsp3) is 0.111. The maximum absolute atomic E-state index is 12.1. The molecule has 1 amide bonds. The highest BCUT2D eigenvalue weighted by molar-refractivity contribution is 6.09. The molecule has 21 heavy (non-hydrogen) atoms. The molecule has 0 saturated heterocycles. The van der Waals surface area contributed by atoms with Crippen molar-refractivity contribution in [3.63, 3.8) is 0 Å². The quantitative estimate of drug-likeness (QED) is 0.693. The van der Waals surface area contributed by atoms with E-state index in [1.54, 1.807) is 0 Å². The van der Waals surface area contributed by atoms with E-state index in [1.807, 2.05) is 62.4 Å². The lowest BCUT2D eigenvalue weighted by Crippen LogP contribution is -2.04. The third-order valence-electron chi connectivity index (χ3n) is 3.01. The summed E-state index contributed by atoms with van der Waals surface area (Å²) in [6.45, 7) is 7.16. The summed E-state index contributed by atoms with van der Waals surface area (Å²) in [5.41, 5.74) is 8.40. The Labute approximate surface area is 125 Å². The topological polar surface area (TPSA) is 60.2 Å². The van der Waals surface area contributed by atoms with E-state index in [0.717, 1.165) is 22.8 Å². The van der Waals surface area contributed by atoms with E-state index in [0.29, 0.717) is 0 Å². The molecule has 0 aromatic heterocycles. The molecule has 0 aliphatic heterocycles. The van der Waals surface area contributed by atoms with Crippen molar-refractivity contribution in [1.29, 1.82) is 0 Å². The van der Waals surface area contributed by atoms with Gasteiger partial charge in [0.1, 0.15) is 0 Å². The zero-order valence-electron chi connectivity index (χ0n) is 12.3. The van der Waals surface area contributed by atoms with Gasteiger partial charge in [-0.3, -0.25) is 9.59 Å². The number of carbonyl (C=O) groups excluding carboxylic acids is 2. The lowest BCUT2D eigenvalue weighted by atomic mass is 9.99. The zero-order valence-corrected chi connectivity index (χ0v) is 12.3. The van der Waals surface area contributed by atoms with Crippen molar-refractivity contribution in [2.45, 2.75) is 13.8 Å². The zero-order chi connectivity index (χ0) is 15.8. The molecule has 2 aromatic rings. The van der Waals surface area contributed by atoms with Crippen LogP contribution in [-0.4, -0.2) is 11.7 Å². The van der Waals surface area contributed by atoms with Crippen LogP contribution in [0.5, 0.6) is 0 Å². The molecule has 0 fully saturated rings. The fourth-order valence-corrected chi connectivity index (χ4v) is 1.64. The molecule has 0 radical (unpaired) electrons. The highest BCUT2D eigenvalue weighted by Gasteiger charge is 2.08. The molecule has 2 rings (SSSR count). The van der Waals surface area contributed by atoms with E-state index in [4.69, 9.17) is 0 Å². The molecule has 0 spiro atoms. The minimum Gasteiger partial charge on any atom is -0.366 e. The van der Waals surface area contributed by atoms with Crippen molar-refractivity contribution >= 4 is 11.7 Å². The Balaban J connectivity index is 0.000000383. The normalized spacial score (nSPS) is 9.24. The second kappa shape index (κ2) is 7.80. The number of amides is 1. The van der Waals surface area contributed by atoms with Crippen LogP contribution >= 0.6 is 0 Å². The molecule has 2 N–H and O–H groups in total. The van der Waals surface area contributed by atoms with Gasteiger partial charge < -0.3 is 5.73 Å². The summed E-state index contributed by atoms with van der Waals surface area (Å²) in [5, 5.41) is 0. The van der Waals surface area contributed by atoms with Crippen LogP contribution < -0.4 is 5.73 Å². The molecular formula is C18H19NO2. The highest BCUT2D eigenvalue weighted by Crippen LogP contribution is 2.14. The van der Waals surface area contributed by atoms with E-state index in [-0.39, 0.29) is 5.78 Å². The first-order chi connectivity index (χ1) is 9.95. The first-order valence-electron chi connectivity index (χ1n) is 6.54. The number of nitrogens with two attached hydrogens (primary N) is 1. The first kappa shape index (κ1) is 16.4. The second-order valence-electron chi connectivity index (χ2n) is 4.60. The van der Waals surface area contributed by atoms with Gasteiger partial charge in [-0.05, 0) is 37.1 Å². The average Bonchev–Trinajstić information content (AvgIpc) is 2.50. The fourth-order valence-electron chi connectivity index (χ4n) is 1.64. The van der Waals surface area contributed by atoms with Gasteiger partial charge in [-0.25, -0.2) is 0 Å². The smallest absolute Gasteiger partial charge is 0.240 e. The van der Waals surface area contributed by atoms with Gasteiger partial charge in [0.15, 0.2) is 5.78 Å². The predicted octanol–water partition coefficient (Wildman–Crippen LogP) is 3.19. The van der Waals surface area contributed by atoms with Crippen molar-refractivity contribution in [2.24, 2.45) is 5.73 Å². The molecular weight excluding hydrogens is 262 g/mol. The van der Waals surface area contributed by atoms with Crippen LogP contribution in [0.15, 0.2) is 61.2 Å². The number of carbonyl (C=O) groups is 2. The molecule has 3 nitrogen and oxygen atoms in total. The maximum Gasteiger partial charge on any atom is 0.240 e. The average molecular weight is 281 g/mol. The van der Waals surface area contributed by atoms with E-state index >= 15 is 0 Å². The van der Waals surface area contributed by atoms with Gasteiger partial charge in [-0.15, -0.1) is 0 Å². The van der Waals surface area contributed by atoms with E-state index in [9.17, 15) is 9.59 Å². The molecule has 2 aromatic carbocycles. The van der Waals surface area contributed by atoms with Crippen LogP contribution in [0.25, 0.3) is 0 Å². The Morgan fingerprint density at radius 2 is 1.52 bits per heavy atom. The van der Waals surface area contributed by atoms with Crippen molar-refractivity contribution in [3.05, 3.63) is 83.4 Å². The Bertz CT molecular complexity index is 646. The van der Waals surface area contributed by atoms with Crippen LogP contribution in [0.1, 0.15) is 27.0 Å². The Morgan fingerprint density at radius 3 is 2.00 bits per heavy atom. The van der Waals surface area contributed by atoms with Crippen molar-refractivity contribution in [2.75, 3.05) is 0 Å². The molecule has 0 aliphatic rings. The summed E-state index contributed by atoms with van der Waals surface area (Å²) >= 11 is 0. The maximum atomic E-state index is 12.1. The molecule has 0 atom stereocenters. The molecule has 0 aliphatic carbocycles. The summed E-state index contributed by atoms with van der Waals surface area (Å²) in [5.74, 6) is -0.395. The standard InChI is InChI=1S/C15H14O.C3H5NO/c1-11-8-9-14(10-12(11)2)15(16)13-6-4-3-5-7-13;1-2-3(4)5/h3-10H,1-2H3;2H,1H2,(H2,4,5). The first-order valence-corrected chi connectivity index (χ1v) is 6.54. The molecule has 0 heterocycles. The van der Waals surface area contributed by atoms with Gasteiger partial charge in [-0.2, -0.15) is 0 Å². The van der Waals surface area contributed by atoms with Gasteiger partial charge >= 0.3 is 0 Å². The Kier molecular flexibility index (Phi) is 6.08. The van der Waals surface area contributed by atoms with Crippen LogP contribution in [0.3, 0.4) is 0 Å². The SMILES string of the molecule is C=CC(N)=O.Cc1ccc(C(=O)c2ccccc2)cc1C. The van der Waals surface area contributed by atoms with Crippen LogP contribution in [0, 0.1) is 13.8 Å². The summed E-state index contributed by atoms with van der Waals surface area (Å²) in [6.07, 6.45) is 1.06. The summed E-state index contributed by atoms with van der Waals surface area (Å²) in [6, 6.07) is 15.2. The largest absolute Gasteiger partial charge is 0.366 e. The molecule has 0 bridgehead atoms. The van der Waals surface area contributed by atoms with E-state index in [2.05, 4.69) is 12.3 Å². The second-order valence-corrected chi connectivity index (χ2v) is 4.60. The molecule has 108 valence electrons. The minimum absolute atomic E-state index is 0.0868. The van der Waals surface area contributed by atoms with Gasteiger partial charge in [-0.1, -0.05) is 49.0 Å². The van der Waals surface area contributed by atoms with Crippen LogP contribution in [0.2, 0.25) is 0 Å². The highest BCUT2D eigenvalue weighted by atomic mass is 16.1. The molecule has 0 saturated carbocycles. The van der Waals surface area contributed by atoms with Gasteiger partial charge in [0.05, 0.1) is 0 Å². The van der Waals surface area contributed by atoms with Gasteiger partial charge in [0, 0.05) is 11.1 Å².